The first-order valence-electron chi connectivity index (χ1n) is 7.76. The van der Waals surface area contributed by atoms with Crippen molar-refractivity contribution in [2.24, 2.45) is 5.92 Å². The summed E-state index contributed by atoms with van der Waals surface area (Å²) in [7, 11) is 0. The Morgan fingerprint density at radius 2 is 2.00 bits per heavy atom. The highest BCUT2D eigenvalue weighted by Crippen LogP contribution is 2.34. The zero-order valence-corrected chi connectivity index (χ0v) is 12.0. The maximum Gasteiger partial charge on any atom is 0.223 e. The smallest absolute Gasteiger partial charge is 0.223 e. The van der Waals surface area contributed by atoms with Crippen molar-refractivity contribution < 1.29 is 14.6 Å². The summed E-state index contributed by atoms with van der Waals surface area (Å²) < 4.78 is 5.53. The molecular formula is C15H27NO3. The van der Waals surface area contributed by atoms with Crippen LogP contribution < -0.4 is 0 Å². The van der Waals surface area contributed by atoms with Gasteiger partial charge >= 0.3 is 0 Å². The molecule has 0 spiro atoms. The van der Waals surface area contributed by atoms with Gasteiger partial charge in [-0.15, -0.1) is 0 Å². The van der Waals surface area contributed by atoms with E-state index in [1.165, 1.54) is 12.8 Å². The Balaban J connectivity index is 1.76. The van der Waals surface area contributed by atoms with Crippen LogP contribution >= 0.6 is 0 Å². The van der Waals surface area contributed by atoms with E-state index in [4.69, 9.17) is 9.84 Å². The molecule has 2 fully saturated rings. The van der Waals surface area contributed by atoms with Gasteiger partial charge < -0.3 is 14.7 Å². The number of hydrogen-bond acceptors (Lipinski definition) is 3. The van der Waals surface area contributed by atoms with Gasteiger partial charge in [0.15, 0.2) is 0 Å². The van der Waals surface area contributed by atoms with Crippen molar-refractivity contribution in [3.63, 3.8) is 0 Å². The molecular weight excluding hydrogens is 242 g/mol. The van der Waals surface area contributed by atoms with Crippen LogP contribution in [-0.4, -0.2) is 47.8 Å². The summed E-state index contributed by atoms with van der Waals surface area (Å²) in [5.74, 6) is 0.729. The summed E-state index contributed by atoms with van der Waals surface area (Å²) in [6.07, 6.45) is 7.72. The van der Waals surface area contributed by atoms with Gasteiger partial charge in [-0.25, -0.2) is 0 Å². The molecule has 1 N–H and O–H groups in total. The normalized spacial score (nSPS) is 27.3. The van der Waals surface area contributed by atoms with E-state index in [-0.39, 0.29) is 12.5 Å². The molecule has 0 unspecified atom stereocenters. The Morgan fingerprint density at radius 1 is 1.32 bits per heavy atom. The van der Waals surface area contributed by atoms with E-state index in [0.29, 0.717) is 31.0 Å². The Kier molecular flexibility index (Phi) is 5.64. The van der Waals surface area contributed by atoms with Crippen LogP contribution in [0.3, 0.4) is 0 Å². The van der Waals surface area contributed by atoms with Gasteiger partial charge in [0.1, 0.15) is 0 Å². The number of carbonyl (C=O) groups is 1. The van der Waals surface area contributed by atoms with Crippen molar-refractivity contribution in [2.75, 3.05) is 19.8 Å². The number of aliphatic hydroxyl groups is 1. The molecule has 0 atom stereocenters. The van der Waals surface area contributed by atoms with Crippen LogP contribution in [0, 0.1) is 5.92 Å². The van der Waals surface area contributed by atoms with Crippen LogP contribution in [0.4, 0.5) is 0 Å². The van der Waals surface area contributed by atoms with Gasteiger partial charge in [0.05, 0.1) is 12.7 Å². The Labute approximate surface area is 116 Å². The van der Waals surface area contributed by atoms with Crippen molar-refractivity contribution in [3.05, 3.63) is 0 Å². The number of aliphatic hydroxyl groups excluding tert-OH is 1. The summed E-state index contributed by atoms with van der Waals surface area (Å²) in [6, 6.07) is 0.377. The number of rotatable bonds is 7. The minimum Gasteiger partial charge on any atom is -0.395 e. The molecule has 2 aliphatic carbocycles. The van der Waals surface area contributed by atoms with E-state index in [9.17, 15) is 4.79 Å². The molecule has 110 valence electrons. The fourth-order valence-electron chi connectivity index (χ4n) is 3.41. The van der Waals surface area contributed by atoms with Crippen molar-refractivity contribution in [1.82, 2.24) is 4.90 Å². The number of ether oxygens (including phenoxy) is 1. The average Bonchev–Trinajstić information content (AvgIpc) is 2.86. The van der Waals surface area contributed by atoms with E-state index < -0.39 is 0 Å². The third-order valence-corrected chi connectivity index (χ3v) is 4.48. The van der Waals surface area contributed by atoms with E-state index in [2.05, 4.69) is 0 Å². The Morgan fingerprint density at radius 3 is 2.58 bits per heavy atom. The van der Waals surface area contributed by atoms with Crippen molar-refractivity contribution in [3.8, 4) is 0 Å². The van der Waals surface area contributed by atoms with Gasteiger partial charge in [0.25, 0.3) is 0 Å². The molecule has 1 amide bonds. The molecule has 0 aliphatic heterocycles. The lowest BCUT2D eigenvalue weighted by Gasteiger charge is -2.37. The number of amides is 1. The van der Waals surface area contributed by atoms with Crippen LogP contribution in [0.5, 0.6) is 0 Å². The molecule has 0 radical (unpaired) electrons. The minimum atomic E-state index is 0.0779. The zero-order valence-electron chi connectivity index (χ0n) is 12.0. The predicted octanol–water partition coefficient (Wildman–Crippen LogP) is 1.96. The molecule has 4 heteroatoms. The lowest BCUT2D eigenvalue weighted by molar-refractivity contribution is -0.137. The van der Waals surface area contributed by atoms with Crippen molar-refractivity contribution in [1.29, 1.82) is 0 Å². The highest BCUT2D eigenvalue weighted by Gasteiger charge is 2.34. The van der Waals surface area contributed by atoms with Gasteiger partial charge in [-0.3, -0.25) is 4.79 Å². The Bertz CT molecular complexity index is 283. The van der Waals surface area contributed by atoms with Gasteiger partial charge in [-0.2, -0.15) is 0 Å². The standard InChI is InChI=1S/C15H27NO3/c1-2-19-14-9-12(10-14)11-15(18)16(7-8-17)13-5-3-4-6-13/h12-14,17H,2-11H2,1H3. The maximum atomic E-state index is 12.4. The van der Waals surface area contributed by atoms with Crippen LogP contribution in [0.15, 0.2) is 0 Å². The number of hydrogen-bond donors (Lipinski definition) is 1. The van der Waals surface area contributed by atoms with E-state index in [1.807, 2.05) is 11.8 Å². The highest BCUT2D eigenvalue weighted by molar-refractivity contribution is 5.77. The SMILES string of the molecule is CCOC1CC(CC(=O)N(CCO)C2CCCC2)C1. The predicted molar refractivity (Wildman–Crippen MR) is 73.8 cm³/mol. The van der Waals surface area contributed by atoms with Crippen molar-refractivity contribution in [2.45, 2.75) is 64.0 Å². The second-order valence-electron chi connectivity index (χ2n) is 5.87. The quantitative estimate of drug-likeness (QED) is 0.768. The molecule has 2 saturated carbocycles. The molecule has 0 heterocycles. The number of nitrogens with zero attached hydrogens (tertiary/aromatic N) is 1. The van der Waals surface area contributed by atoms with Gasteiger partial charge in [-0.1, -0.05) is 12.8 Å². The van der Waals surface area contributed by atoms with Gasteiger partial charge in [0, 0.05) is 25.6 Å². The van der Waals surface area contributed by atoms with Crippen LogP contribution in [0.2, 0.25) is 0 Å². The molecule has 0 saturated heterocycles. The summed E-state index contributed by atoms with van der Waals surface area (Å²) in [5, 5.41) is 9.15. The summed E-state index contributed by atoms with van der Waals surface area (Å²) in [6.45, 7) is 3.37. The zero-order chi connectivity index (χ0) is 13.7. The fraction of sp³-hybridized carbons (Fsp3) is 0.933. The second kappa shape index (κ2) is 7.25. The molecule has 0 aromatic rings. The first-order chi connectivity index (χ1) is 9.24. The molecule has 4 nitrogen and oxygen atoms in total. The largest absolute Gasteiger partial charge is 0.395 e. The van der Waals surface area contributed by atoms with E-state index in [0.717, 1.165) is 32.3 Å². The Hall–Kier alpha value is -0.610. The van der Waals surface area contributed by atoms with Crippen LogP contribution in [0.25, 0.3) is 0 Å². The summed E-state index contributed by atoms with van der Waals surface area (Å²) >= 11 is 0. The third kappa shape index (κ3) is 3.93. The topological polar surface area (TPSA) is 49.8 Å². The van der Waals surface area contributed by atoms with Gasteiger partial charge in [0.2, 0.25) is 5.91 Å². The summed E-state index contributed by atoms with van der Waals surface area (Å²) in [5.41, 5.74) is 0. The first kappa shape index (κ1) is 14.8. The van der Waals surface area contributed by atoms with E-state index in [1.54, 1.807) is 0 Å². The molecule has 2 aliphatic rings. The molecule has 2 rings (SSSR count). The minimum absolute atomic E-state index is 0.0779. The second-order valence-corrected chi connectivity index (χ2v) is 5.87. The fourth-order valence-corrected chi connectivity index (χ4v) is 3.41. The van der Waals surface area contributed by atoms with Gasteiger partial charge in [-0.05, 0) is 38.5 Å². The lowest BCUT2D eigenvalue weighted by Crippen LogP contribution is -2.43. The third-order valence-electron chi connectivity index (χ3n) is 4.48. The highest BCUT2D eigenvalue weighted by atomic mass is 16.5. The summed E-state index contributed by atoms with van der Waals surface area (Å²) in [4.78, 5) is 14.3. The van der Waals surface area contributed by atoms with E-state index >= 15 is 0 Å². The monoisotopic (exact) mass is 269 g/mol. The average molecular weight is 269 g/mol. The molecule has 0 aromatic carbocycles. The van der Waals surface area contributed by atoms with Crippen LogP contribution in [-0.2, 0) is 9.53 Å². The van der Waals surface area contributed by atoms with Crippen LogP contribution in [0.1, 0.15) is 51.9 Å². The maximum absolute atomic E-state index is 12.4. The molecule has 0 bridgehead atoms. The molecule has 0 aromatic heterocycles. The first-order valence-corrected chi connectivity index (χ1v) is 7.76. The number of carbonyl (C=O) groups excluding carboxylic acids is 1. The van der Waals surface area contributed by atoms with Crippen molar-refractivity contribution >= 4 is 5.91 Å². The lowest BCUT2D eigenvalue weighted by atomic mass is 9.79. The molecule has 19 heavy (non-hydrogen) atoms.